The Hall–Kier alpha value is -3.05. The van der Waals surface area contributed by atoms with Crippen molar-refractivity contribution in [3.05, 3.63) is 54.3 Å². The van der Waals surface area contributed by atoms with Crippen LogP contribution < -0.4 is 4.90 Å². The smallest absolute Gasteiger partial charge is 0.305 e. The van der Waals surface area contributed by atoms with Crippen LogP contribution in [0.5, 0.6) is 0 Å². The van der Waals surface area contributed by atoms with E-state index in [2.05, 4.69) is 0 Å². The van der Waals surface area contributed by atoms with Crippen molar-refractivity contribution >= 4 is 11.7 Å². The number of hydrogen-bond donors (Lipinski definition) is 0. The van der Waals surface area contributed by atoms with E-state index in [0.717, 1.165) is 5.69 Å². The van der Waals surface area contributed by atoms with E-state index in [1.807, 2.05) is 35.2 Å². The largest absolute Gasteiger partial charge is 0.464 e. The first kappa shape index (κ1) is 17.0. The minimum absolute atomic E-state index is 0.0293. The Bertz CT molecular complexity index is 606. The van der Waals surface area contributed by atoms with Crippen LogP contribution in [-0.2, 0) is 9.53 Å². The molecule has 0 unspecified atom stereocenters. The lowest BCUT2D eigenvalue weighted by Crippen LogP contribution is -2.22. The minimum atomic E-state index is -0.242. The highest BCUT2D eigenvalue weighted by Gasteiger charge is 2.04. The fourth-order valence-corrected chi connectivity index (χ4v) is 1.61. The first-order valence-corrected chi connectivity index (χ1v) is 6.87. The molecule has 0 heterocycles. The van der Waals surface area contributed by atoms with Crippen molar-refractivity contribution in [2.75, 3.05) is 18.1 Å². The number of benzene rings is 1. The Morgan fingerprint density at radius 3 is 2.55 bits per heavy atom. The molecule has 1 aromatic rings. The molecule has 0 aliphatic rings. The van der Waals surface area contributed by atoms with E-state index in [1.54, 1.807) is 31.3 Å². The zero-order valence-corrected chi connectivity index (χ0v) is 12.4. The van der Waals surface area contributed by atoms with Crippen molar-refractivity contribution < 1.29 is 9.53 Å². The third-order valence-electron chi connectivity index (χ3n) is 2.74. The van der Waals surface area contributed by atoms with Gasteiger partial charge in [-0.25, -0.2) is 0 Å². The maximum Gasteiger partial charge on any atom is 0.305 e. The van der Waals surface area contributed by atoms with Crippen LogP contribution >= 0.6 is 0 Å². The Balaban J connectivity index is 2.78. The number of carbonyl (C=O) groups excluding carboxylic acids is 1. The van der Waals surface area contributed by atoms with E-state index in [-0.39, 0.29) is 18.1 Å². The molecule has 0 radical (unpaired) electrons. The van der Waals surface area contributed by atoms with Crippen molar-refractivity contribution in [2.24, 2.45) is 0 Å². The fourth-order valence-electron chi connectivity index (χ4n) is 1.61. The van der Waals surface area contributed by atoms with Crippen LogP contribution in [0.1, 0.15) is 13.3 Å². The molecule has 0 fully saturated rings. The normalized spacial score (nSPS) is 9.59. The molecule has 0 N–H and O–H groups in total. The molecule has 0 saturated heterocycles. The number of allylic oxidation sites excluding steroid dienone is 3. The third kappa shape index (κ3) is 5.94. The van der Waals surface area contributed by atoms with Gasteiger partial charge in [-0.3, -0.25) is 4.79 Å². The second-order valence-corrected chi connectivity index (χ2v) is 4.25. The first-order chi connectivity index (χ1) is 10.7. The highest BCUT2D eigenvalue weighted by atomic mass is 16.5. The van der Waals surface area contributed by atoms with Crippen molar-refractivity contribution in [1.82, 2.24) is 0 Å². The predicted molar refractivity (Wildman–Crippen MR) is 83.5 cm³/mol. The van der Waals surface area contributed by atoms with Gasteiger partial charge in [0.05, 0.1) is 6.54 Å². The molecule has 1 rings (SSSR count). The summed E-state index contributed by atoms with van der Waals surface area (Å²) in [5, 5.41) is 17.4. The van der Waals surface area contributed by atoms with Crippen LogP contribution in [0, 0.1) is 22.7 Å². The molecule has 0 aliphatic carbocycles. The van der Waals surface area contributed by atoms with Crippen LogP contribution in [0.2, 0.25) is 0 Å². The number of para-hydroxylation sites is 1. The molecule has 0 atom stereocenters. The minimum Gasteiger partial charge on any atom is -0.464 e. The van der Waals surface area contributed by atoms with Crippen molar-refractivity contribution in [1.29, 1.82) is 10.5 Å². The summed E-state index contributed by atoms with van der Waals surface area (Å²) in [4.78, 5) is 13.1. The number of rotatable bonds is 7. The van der Waals surface area contributed by atoms with Gasteiger partial charge in [-0.05, 0) is 24.3 Å². The summed E-state index contributed by atoms with van der Waals surface area (Å²) in [6, 6.07) is 13.1. The summed E-state index contributed by atoms with van der Waals surface area (Å²) in [5.41, 5.74) is 0.955. The third-order valence-corrected chi connectivity index (χ3v) is 2.74. The van der Waals surface area contributed by atoms with Crippen molar-refractivity contribution in [2.45, 2.75) is 13.3 Å². The molecule has 22 heavy (non-hydrogen) atoms. The lowest BCUT2D eigenvalue weighted by Gasteiger charge is -2.20. The zero-order chi connectivity index (χ0) is 16.2. The number of esters is 1. The highest BCUT2D eigenvalue weighted by molar-refractivity contribution is 5.68. The molecule has 0 saturated carbocycles. The van der Waals surface area contributed by atoms with Gasteiger partial charge in [-0.15, -0.1) is 0 Å². The lowest BCUT2D eigenvalue weighted by atomic mass is 10.3. The standard InChI is InChI=1S/C17H17N3O2/c1-2-17(21)22-12-11-20(16-8-4-3-5-9-16)10-6-7-15(13-18)14-19/h3-10H,2,11-12H2,1H3. The van der Waals surface area contributed by atoms with E-state index in [4.69, 9.17) is 15.3 Å². The summed E-state index contributed by atoms with van der Waals surface area (Å²) in [5.74, 6) is -0.242. The lowest BCUT2D eigenvalue weighted by molar-refractivity contribution is -0.142. The van der Waals surface area contributed by atoms with Crippen molar-refractivity contribution in [3.8, 4) is 12.1 Å². The number of nitriles is 2. The molecular weight excluding hydrogens is 278 g/mol. The monoisotopic (exact) mass is 295 g/mol. The maximum atomic E-state index is 11.2. The number of carbonyl (C=O) groups is 1. The predicted octanol–water partition coefficient (Wildman–Crippen LogP) is 2.93. The average Bonchev–Trinajstić information content (AvgIpc) is 2.57. The van der Waals surface area contributed by atoms with Gasteiger partial charge in [-0.2, -0.15) is 10.5 Å². The second-order valence-electron chi connectivity index (χ2n) is 4.25. The zero-order valence-electron chi connectivity index (χ0n) is 12.4. The van der Waals surface area contributed by atoms with Crippen LogP contribution in [0.3, 0.4) is 0 Å². The summed E-state index contributed by atoms with van der Waals surface area (Å²) in [6.45, 7) is 2.49. The number of hydrogen-bond acceptors (Lipinski definition) is 5. The summed E-state index contributed by atoms with van der Waals surface area (Å²) >= 11 is 0. The molecule has 5 nitrogen and oxygen atoms in total. The Morgan fingerprint density at radius 2 is 1.95 bits per heavy atom. The van der Waals surface area contributed by atoms with E-state index < -0.39 is 0 Å². The van der Waals surface area contributed by atoms with Crippen molar-refractivity contribution in [3.63, 3.8) is 0 Å². The van der Waals surface area contributed by atoms with Gasteiger partial charge in [0.1, 0.15) is 24.3 Å². The van der Waals surface area contributed by atoms with Crippen LogP contribution in [0.15, 0.2) is 54.3 Å². The summed E-state index contributed by atoms with van der Waals surface area (Å²) in [7, 11) is 0. The Labute approximate surface area is 130 Å². The second kappa shape index (κ2) is 9.79. The molecule has 1 aromatic carbocycles. The van der Waals surface area contributed by atoms with Crippen LogP contribution in [0.4, 0.5) is 5.69 Å². The molecule has 0 spiro atoms. The number of ether oxygens (including phenoxy) is 1. The summed E-state index contributed by atoms with van der Waals surface area (Å²) < 4.78 is 5.08. The molecule has 0 bridgehead atoms. The molecule has 5 heteroatoms. The molecule has 0 aromatic heterocycles. The first-order valence-electron chi connectivity index (χ1n) is 6.87. The Kier molecular flexibility index (Phi) is 7.57. The van der Waals surface area contributed by atoms with Crippen LogP contribution in [0.25, 0.3) is 0 Å². The van der Waals surface area contributed by atoms with Gasteiger partial charge >= 0.3 is 5.97 Å². The Morgan fingerprint density at radius 1 is 1.27 bits per heavy atom. The average molecular weight is 295 g/mol. The number of nitrogens with zero attached hydrogens (tertiary/aromatic N) is 3. The van der Waals surface area contributed by atoms with E-state index >= 15 is 0 Å². The van der Waals surface area contributed by atoms with Gasteiger partial charge in [0.15, 0.2) is 0 Å². The highest BCUT2D eigenvalue weighted by Crippen LogP contribution is 2.13. The van der Waals surface area contributed by atoms with Gasteiger partial charge < -0.3 is 9.64 Å². The van der Waals surface area contributed by atoms with E-state index in [1.165, 1.54) is 6.08 Å². The van der Waals surface area contributed by atoms with Gasteiger partial charge in [0.25, 0.3) is 0 Å². The quantitative estimate of drug-likeness (QED) is 0.439. The molecular formula is C17H17N3O2. The topological polar surface area (TPSA) is 77.1 Å². The maximum absolute atomic E-state index is 11.2. The SMILES string of the molecule is CCC(=O)OCCN(C=CC=C(C#N)C#N)c1ccccc1. The molecule has 112 valence electrons. The summed E-state index contributed by atoms with van der Waals surface area (Å²) in [6.07, 6.45) is 5.14. The fraction of sp³-hybridized carbons (Fsp3) is 0.235. The van der Waals surface area contributed by atoms with Gasteiger partial charge in [-0.1, -0.05) is 25.1 Å². The van der Waals surface area contributed by atoms with Crippen LogP contribution in [-0.4, -0.2) is 19.1 Å². The van der Waals surface area contributed by atoms with Gasteiger partial charge in [0, 0.05) is 18.3 Å². The molecule has 0 aliphatic heterocycles. The number of anilines is 1. The molecule has 0 amide bonds. The van der Waals surface area contributed by atoms with Gasteiger partial charge in [0.2, 0.25) is 0 Å². The van der Waals surface area contributed by atoms with E-state index in [0.29, 0.717) is 13.0 Å². The van der Waals surface area contributed by atoms with E-state index in [9.17, 15) is 4.79 Å².